The molecule has 17 heavy (non-hydrogen) atoms. The van der Waals surface area contributed by atoms with Crippen LogP contribution < -0.4 is 9.47 Å². The fourth-order valence-corrected chi connectivity index (χ4v) is 1.53. The summed E-state index contributed by atoms with van der Waals surface area (Å²) < 4.78 is 15.9. The highest BCUT2D eigenvalue weighted by atomic mass is 16.6. The largest absolute Gasteiger partial charge is 0.486 e. The summed E-state index contributed by atoms with van der Waals surface area (Å²) >= 11 is 0. The van der Waals surface area contributed by atoms with Crippen molar-refractivity contribution in [1.82, 2.24) is 0 Å². The number of hydrogen-bond acceptors (Lipinski definition) is 4. The summed E-state index contributed by atoms with van der Waals surface area (Å²) in [5, 5.41) is 0. The van der Waals surface area contributed by atoms with Gasteiger partial charge in [-0.15, -0.1) is 0 Å². The third-order valence-electron chi connectivity index (χ3n) is 2.33. The molecule has 4 nitrogen and oxygen atoms in total. The Balaban J connectivity index is 2.17. The van der Waals surface area contributed by atoms with Crippen LogP contribution in [0.4, 0.5) is 0 Å². The van der Waals surface area contributed by atoms with Crippen LogP contribution in [0.2, 0.25) is 0 Å². The molecule has 0 bridgehead atoms. The fraction of sp³-hybridized carbons (Fsp3) is 0.308. The first-order valence-electron chi connectivity index (χ1n) is 5.50. The van der Waals surface area contributed by atoms with Crippen LogP contribution in [0.5, 0.6) is 11.5 Å². The zero-order valence-electron chi connectivity index (χ0n) is 9.64. The monoisotopic (exact) mass is 234 g/mol. The van der Waals surface area contributed by atoms with E-state index in [0.717, 1.165) is 0 Å². The van der Waals surface area contributed by atoms with E-state index in [4.69, 9.17) is 14.2 Å². The second-order valence-corrected chi connectivity index (χ2v) is 3.50. The van der Waals surface area contributed by atoms with E-state index in [-0.39, 0.29) is 6.61 Å². The molecule has 1 aliphatic rings. The number of benzene rings is 1. The predicted molar refractivity (Wildman–Crippen MR) is 62.5 cm³/mol. The number of esters is 1. The Morgan fingerprint density at radius 2 is 2.24 bits per heavy atom. The van der Waals surface area contributed by atoms with Crippen molar-refractivity contribution in [2.24, 2.45) is 0 Å². The van der Waals surface area contributed by atoms with Crippen molar-refractivity contribution < 1.29 is 19.0 Å². The number of allylic oxidation sites excluding steroid dienone is 1. The molecule has 4 heteroatoms. The van der Waals surface area contributed by atoms with E-state index < -0.39 is 5.97 Å². The van der Waals surface area contributed by atoms with E-state index in [9.17, 15) is 4.79 Å². The van der Waals surface area contributed by atoms with Crippen LogP contribution in [0.1, 0.15) is 17.3 Å². The van der Waals surface area contributed by atoms with Crippen LogP contribution in [0, 0.1) is 0 Å². The quantitative estimate of drug-likeness (QED) is 0.594. The molecule has 0 saturated heterocycles. The summed E-state index contributed by atoms with van der Waals surface area (Å²) in [5.74, 6) is 0.673. The lowest BCUT2D eigenvalue weighted by atomic mass is 10.2. The van der Waals surface area contributed by atoms with Gasteiger partial charge in [0.25, 0.3) is 0 Å². The van der Waals surface area contributed by atoms with E-state index in [2.05, 4.69) is 0 Å². The summed E-state index contributed by atoms with van der Waals surface area (Å²) in [6.07, 6.45) is 3.60. The minimum absolute atomic E-state index is 0.264. The molecule has 0 atom stereocenters. The highest BCUT2D eigenvalue weighted by molar-refractivity contribution is 5.93. The Morgan fingerprint density at radius 1 is 1.41 bits per heavy atom. The Bertz CT molecular complexity index is 437. The van der Waals surface area contributed by atoms with E-state index in [0.29, 0.717) is 30.3 Å². The van der Waals surface area contributed by atoms with Crippen molar-refractivity contribution in [1.29, 1.82) is 0 Å². The van der Waals surface area contributed by atoms with Gasteiger partial charge in [0, 0.05) is 0 Å². The number of carbonyl (C=O) groups excluding carboxylic acids is 1. The second-order valence-electron chi connectivity index (χ2n) is 3.50. The molecule has 0 spiro atoms. The van der Waals surface area contributed by atoms with Gasteiger partial charge in [-0.05, 0) is 19.1 Å². The van der Waals surface area contributed by atoms with Crippen LogP contribution in [0.15, 0.2) is 30.4 Å². The molecular formula is C13H14O4. The molecule has 1 heterocycles. The topological polar surface area (TPSA) is 44.8 Å². The smallest absolute Gasteiger partial charge is 0.342 e. The number of fused-ring (bicyclic) bond motifs is 1. The number of hydrogen-bond donors (Lipinski definition) is 0. The Hall–Kier alpha value is -1.97. The summed E-state index contributed by atoms with van der Waals surface area (Å²) in [4.78, 5) is 11.8. The third kappa shape index (κ3) is 2.58. The summed E-state index contributed by atoms with van der Waals surface area (Å²) in [5.41, 5.74) is 0.409. The van der Waals surface area contributed by atoms with E-state index in [1.165, 1.54) is 0 Å². The van der Waals surface area contributed by atoms with Crippen LogP contribution in [-0.2, 0) is 4.74 Å². The van der Waals surface area contributed by atoms with E-state index in [1.54, 1.807) is 24.3 Å². The van der Waals surface area contributed by atoms with E-state index >= 15 is 0 Å². The maximum absolute atomic E-state index is 11.8. The summed E-state index contributed by atoms with van der Waals surface area (Å²) in [6.45, 7) is 3.09. The first-order valence-corrected chi connectivity index (χ1v) is 5.50. The first kappa shape index (κ1) is 11.5. The molecule has 0 aromatic heterocycles. The van der Waals surface area contributed by atoms with Crippen LogP contribution in [0.3, 0.4) is 0 Å². The maximum atomic E-state index is 11.8. The minimum Gasteiger partial charge on any atom is -0.486 e. The zero-order chi connectivity index (χ0) is 12.1. The van der Waals surface area contributed by atoms with Gasteiger partial charge in [-0.1, -0.05) is 18.2 Å². The predicted octanol–water partition coefficient (Wildman–Crippen LogP) is 2.19. The van der Waals surface area contributed by atoms with Crippen molar-refractivity contribution >= 4 is 5.97 Å². The third-order valence-corrected chi connectivity index (χ3v) is 2.33. The molecule has 0 aliphatic carbocycles. The van der Waals surface area contributed by atoms with Gasteiger partial charge >= 0.3 is 5.97 Å². The van der Waals surface area contributed by atoms with Crippen molar-refractivity contribution in [2.75, 3.05) is 19.8 Å². The molecule has 0 saturated carbocycles. The molecule has 0 fully saturated rings. The van der Waals surface area contributed by atoms with E-state index in [1.807, 2.05) is 13.0 Å². The number of para-hydroxylation sites is 1. The van der Waals surface area contributed by atoms with Gasteiger partial charge < -0.3 is 14.2 Å². The van der Waals surface area contributed by atoms with Crippen LogP contribution in [0.25, 0.3) is 0 Å². The number of ether oxygens (including phenoxy) is 3. The van der Waals surface area contributed by atoms with Crippen molar-refractivity contribution in [2.45, 2.75) is 6.92 Å². The number of carbonyl (C=O) groups is 1. The fourth-order valence-electron chi connectivity index (χ4n) is 1.53. The van der Waals surface area contributed by atoms with Gasteiger partial charge in [-0.25, -0.2) is 4.79 Å². The minimum atomic E-state index is -0.398. The maximum Gasteiger partial charge on any atom is 0.342 e. The second kappa shape index (κ2) is 5.39. The Labute approximate surface area is 99.8 Å². The standard InChI is InChI=1S/C13H14O4/c1-2-3-7-17-13(14)10-5-4-6-11-12(10)16-9-8-15-11/h2-6H,7-9H2,1H3. The number of rotatable bonds is 3. The molecule has 1 aromatic rings. The van der Waals surface area contributed by atoms with Gasteiger partial charge in [-0.2, -0.15) is 0 Å². The Morgan fingerprint density at radius 3 is 3.06 bits per heavy atom. The molecule has 0 unspecified atom stereocenters. The molecule has 1 aromatic carbocycles. The average Bonchev–Trinajstić information content (AvgIpc) is 2.38. The van der Waals surface area contributed by atoms with Crippen LogP contribution >= 0.6 is 0 Å². The SMILES string of the molecule is CC=CCOC(=O)c1cccc2c1OCCO2. The lowest BCUT2D eigenvalue weighted by Gasteiger charge is -2.20. The van der Waals surface area contributed by atoms with Crippen LogP contribution in [-0.4, -0.2) is 25.8 Å². The molecular weight excluding hydrogens is 220 g/mol. The first-order chi connectivity index (χ1) is 8.33. The molecule has 90 valence electrons. The highest BCUT2D eigenvalue weighted by Gasteiger charge is 2.20. The zero-order valence-corrected chi connectivity index (χ0v) is 9.64. The summed E-state index contributed by atoms with van der Waals surface area (Å²) in [6, 6.07) is 5.20. The Kier molecular flexibility index (Phi) is 3.65. The molecule has 0 N–H and O–H groups in total. The lowest BCUT2D eigenvalue weighted by Crippen LogP contribution is -2.18. The van der Waals surface area contributed by atoms with Crippen molar-refractivity contribution in [3.05, 3.63) is 35.9 Å². The lowest BCUT2D eigenvalue weighted by molar-refractivity contribution is 0.0539. The molecule has 0 amide bonds. The van der Waals surface area contributed by atoms with Gasteiger partial charge in [0.05, 0.1) is 0 Å². The van der Waals surface area contributed by atoms with Gasteiger partial charge in [0.15, 0.2) is 11.5 Å². The van der Waals surface area contributed by atoms with Gasteiger partial charge in [-0.3, -0.25) is 0 Å². The van der Waals surface area contributed by atoms with Crippen molar-refractivity contribution in [3.63, 3.8) is 0 Å². The van der Waals surface area contributed by atoms with Gasteiger partial charge in [0.1, 0.15) is 25.4 Å². The highest BCUT2D eigenvalue weighted by Crippen LogP contribution is 2.33. The molecule has 2 rings (SSSR count). The summed E-state index contributed by atoms with van der Waals surface area (Å²) in [7, 11) is 0. The normalized spacial score (nSPS) is 13.7. The average molecular weight is 234 g/mol. The molecule has 0 radical (unpaired) electrons. The van der Waals surface area contributed by atoms with Crippen molar-refractivity contribution in [3.8, 4) is 11.5 Å². The van der Waals surface area contributed by atoms with Gasteiger partial charge in [0.2, 0.25) is 0 Å². The molecule has 1 aliphatic heterocycles.